The van der Waals surface area contributed by atoms with Gasteiger partial charge in [-0.15, -0.1) is 0 Å². The van der Waals surface area contributed by atoms with Crippen LogP contribution in [0, 0.1) is 5.92 Å². The zero-order chi connectivity index (χ0) is 25.3. The van der Waals surface area contributed by atoms with Crippen LogP contribution in [-0.2, 0) is 29.9 Å². The molecule has 34 heavy (non-hydrogen) atoms. The second kappa shape index (κ2) is 12.5. The molecule has 0 fully saturated rings. The van der Waals surface area contributed by atoms with Gasteiger partial charge in [-0.1, -0.05) is 38.1 Å². The van der Waals surface area contributed by atoms with Crippen molar-refractivity contribution in [3.8, 4) is 11.1 Å². The lowest BCUT2D eigenvalue weighted by molar-refractivity contribution is -0.142. The third-order valence-electron chi connectivity index (χ3n) is 4.77. The molecule has 11 nitrogen and oxygen atoms in total. The van der Waals surface area contributed by atoms with Crippen molar-refractivity contribution in [1.82, 2.24) is 15.7 Å². The summed E-state index contributed by atoms with van der Waals surface area (Å²) in [4.78, 5) is 45.6. The maximum atomic E-state index is 12.8. The van der Waals surface area contributed by atoms with Gasteiger partial charge in [0.25, 0.3) is 0 Å². The zero-order valence-electron chi connectivity index (χ0n) is 19.2. The number of nitrogens with one attached hydrogen (secondary N) is 3. The van der Waals surface area contributed by atoms with Gasteiger partial charge in [0.15, 0.2) is 0 Å². The third-order valence-corrected chi connectivity index (χ3v) is 5.88. The van der Waals surface area contributed by atoms with Crippen molar-refractivity contribution in [2.75, 3.05) is 6.73 Å². The van der Waals surface area contributed by atoms with Crippen molar-refractivity contribution in [3.63, 3.8) is 0 Å². The monoisotopic (exact) mass is 495 g/mol. The van der Waals surface area contributed by atoms with Crippen LogP contribution in [0.2, 0.25) is 0 Å². The van der Waals surface area contributed by atoms with E-state index < -0.39 is 44.3 Å². The van der Waals surface area contributed by atoms with Crippen LogP contribution in [0.3, 0.4) is 0 Å². The molecule has 0 saturated heterocycles. The number of aliphatic carboxylic acids is 1. The molecular weight excluding hydrogens is 465 g/mol. The molecule has 0 bridgehead atoms. The van der Waals surface area contributed by atoms with Gasteiger partial charge in [-0.25, -0.2) is 14.4 Å². The summed E-state index contributed by atoms with van der Waals surface area (Å²) >= 11 is 0. The molecule has 186 valence electrons. The second-order valence-electron chi connectivity index (χ2n) is 8.15. The molecular formula is C22H30N3O8P. The van der Waals surface area contributed by atoms with E-state index in [4.69, 9.17) is 8.94 Å². The molecule has 1 aromatic carbocycles. The molecule has 0 radical (unpaired) electrons. The minimum absolute atomic E-state index is 0.0109. The highest BCUT2D eigenvalue weighted by molar-refractivity contribution is 7.50. The SMILES string of the molecule is CC(=O)NCOP(=O)(O)N[C@@H](CC(C)C)C(=O)N[C@@H](Cc1ccc(-c2ccoc2)cc1)C(=O)O. The maximum absolute atomic E-state index is 12.8. The van der Waals surface area contributed by atoms with E-state index in [0.717, 1.165) is 11.1 Å². The minimum atomic E-state index is -4.46. The minimum Gasteiger partial charge on any atom is -0.480 e. The standard InChI is InChI=1S/C22H30N3O8P/c1-14(2)10-19(25-34(30,31)33-13-23-15(3)26)21(27)24-20(22(28)29)11-16-4-6-17(7-5-16)18-8-9-32-12-18/h4-9,12,14,19-20H,10-11,13H2,1-3H3,(H,23,26)(H,24,27)(H,28,29)(H2,25,30,31)/t19-,20-/m0/s1. The van der Waals surface area contributed by atoms with Crippen molar-refractivity contribution in [2.24, 2.45) is 5.92 Å². The predicted molar refractivity (Wildman–Crippen MR) is 123 cm³/mol. The topological polar surface area (TPSA) is 167 Å². The Morgan fingerprint density at radius 3 is 2.29 bits per heavy atom. The van der Waals surface area contributed by atoms with Gasteiger partial charge in [-0.3, -0.25) is 14.1 Å². The molecule has 2 amide bonds. The summed E-state index contributed by atoms with van der Waals surface area (Å²) in [7, 11) is -4.46. The van der Waals surface area contributed by atoms with Crippen LogP contribution in [0.1, 0.15) is 32.8 Å². The fourth-order valence-electron chi connectivity index (χ4n) is 3.12. The first kappa shape index (κ1) is 27.3. The van der Waals surface area contributed by atoms with Gasteiger partial charge in [-0.2, -0.15) is 0 Å². The molecule has 1 unspecified atom stereocenters. The number of amides is 2. The highest BCUT2D eigenvalue weighted by Crippen LogP contribution is 2.37. The van der Waals surface area contributed by atoms with Gasteiger partial charge < -0.3 is 25.1 Å². The van der Waals surface area contributed by atoms with Crippen LogP contribution >= 0.6 is 7.75 Å². The Balaban J connectivity index is 2.06. The van der Waals surface area contributed by atoms with Crippen molar-refractivity contribution >= 4 is 25.5 Å². The van der Waals surface area contributed by atoms with E-state index in [0.29, 0.717) is 5.56 Å². The number of carboxylic acid groups (broad SMARTS) is 1. The van der Waals surface area contributed by atoms with Gasteiger partial charge in [-0.05, 0) is 29.5 Å². The predicted octanol–water partition coefficient (Wildman–Crippen LogP) is 2.27. The molecule has 0 aliphatic heterocycles. The van der Waals surface area contributed by atoms with Crippen molar-refractivity contribution in [3.05, 3.63) is 48.4 Å². The summed E-state index contributed by atoms with van der Waals surface area (Å²) in [5.41, 5.74) is 2.46. The summed E-state index contributed by atoms with van der Waals surface area (Å²) in [5, 5.41) is 16.5. The van der Waals surface area contributed by atoms with Gasteiger partial charge in [0, 0.05) is 18.9 Å². The summed E-state index contributed by atoms with van der Waals surface area (Å²) in [6.45, 7) is 4.29. The number of carboxylic acids is 1. The number of hydrogen-bond acceptors (Lipinski definition) is 6. The Morgan fingerprint density at radius 1 is 1.09 bits per heavy atom. The number of benzene rings is 1. The fourth-order valence-corrected chi connectivity index (χ4v) is 4.05. The van der Waals surface area contributed by atoms with Crippen LogP contribution in [0.4, 0.5) is 0 Å². The first-order valence-electron chi connectivity index (χ1n) is 10.6. The highest BCUT2D eigenvalue weighted by Gasteiger charge is 2.32. The van der Waals surface area contributed by atoms with Crippen molar-refractivity contribution < 1.29 is 37.9 Å². The van der Waals surface area contributed by atoms with Gasteiger partial charge in [0.2, 0.25) is 11.8 Å². The molecule has 0 aliphatic rings. The van der Waals surface area contributed by atoms with Gasteiger partial charge in [0.1, 0.15) is 12.8 Å². The number of furan rings is 1. The fraction of sp³-hybridized carbons (Fsp3) is 0.409. The number of hydrogen-bond donors (Lipinski definition) is 5. The Labute approximate surface area is 197 Å². The first-order valence-corrected chi connectivity index (χ1v) is 12.2. The highest BCUT2D eigenvalue weighted by atomic mass is 31.2. The molecule has 0 spiro atoms. The summed E-state index contributed by atoms with van der Waals surface area (Å²) in [6, 6.07) is 6.49. The van der Waals surface area contributed by atoms with E-state index in [9.17, 15) is 28.9 Å². The Hall–Kier alpha value is -2.98. The van der Waals surface area contributed by atoms with Crippen LogP contribution in [0.5, 0.6) is 0 Å². The van der Waals surface area contributed by atoms with Gasteiger partial charge >= 0.3 is 13.7 Å². The van der Waals surface area contributed by atoms with E-state index >= 15 is 0 Å². The lowest BCUT2D eigenvalue weighted by Crippen LogP contribution is -2.50. The number of carbonyl (C=O) groups is 3. The van der Waals surface area contributed by atoms with E-state index in [2.05, 4.69) is 15.7 Å². The quantitative estimate of drug-likeness (QED) is 0.207. The summed E-state index contributed by atoms with van der Waals surface area (Å²) < 4.78 is 22.1. The summed E-state index contributed by atoms with van der Waals surface area (Å²) in [6.07, 6.45) is 3.30. The lowest BCUT2D eigenvalue weighted by atomic mass is 10.0. The molecule has 1 heterocycles. The Bertz CT molecular complexity index is 1010. The molecule has 0 saturated carbocycles. The average Bonchev–Trinajstić information content (AvgIpc) is 3.27. The number of carbonyl (C=O) groups excluding carboxylic acids is 2. The van der Waals surface area contributed by atoms with Crippen LogP contribution < -0.4 is 15.7 Å². The largest absolute Gasteiger partial charge is 0.480 e. The van der Waals surface area contributed by atoms with E-state index in [-0.39, 0.29) is 18.8 Å². The molecule has 0 aliphatic carbocycles. The molecule has 2 aromatic rings. The van der Waals surface area contributed by atoms with Crippen molar-refractivity contribution in [1.29, 1.82) is 0 Å². The second-order valence-corrected chi connectivity index (χ2v) is 9.71. The van der Waals surface area contributed by atoms with Crippen LogP contribution in [0.15, 0.2) is 47.3 Å². The van der Waals surface area contributed by atoms with Crippen molar-refractivity contribution in [2.45, 2.75) is 45.7 Å². The maximum Gasteiger partial charge on any atom is 0.405 e. The Morgan fingerprint density at radius 2 is 1.76 bits per heavy atom. The summed E-state index contributed by atoms with van der Waals surface area (Å²) in [5.74, 6) is -2.52. The van der Waals surface area contributed by atoms with Crippen LogP contribution in [-0.4, -0.2) is 46.6 Å². The van der Waals surface area contributed by atoms with E-state index in [1.165, 1.54) is 6.92 Å². The lowest BCUT2D eigenvalue weighted by Gasteiger charge is -2.24. The van der Waals surface area contributed by atoms with Gasteiger partial charge in [0.05, 0.1) is 18.6 Å². The zero-order valence-corrected chi connectivity index (χ0v) is 20.1. The Kier molecular flexibility index (Phi) is 10.0. The van der Waals surface area contributed by atoms with Crippen LogP contribution in [0.25, 0.3) is 11.1 Å². The van der Waals surface area contributed by atoms with E-state index in [1.54, 1.807) is 44.6 Å². The third kappa shape index (κ3) is 9.11. The average molecular weight is 495 g/mol. The molecule has 3 atom stereocenters. The van der Waals surface area contributed by atoms with E-state index in [1.807, 2.05) is 12.1 Å². The normalized spacial score (nSPS) is 14.7. The molecule has 2 rings (SSSR count). The molecule has 5 N–H and O–H groups in total. The molecule has 12 heteroatoms. The number of rotatable bonds is 13. The first-order chi connectivity index (χ1) is 16.0. The smallest absolute Gasteiger partial charge is 0.405 e. The molecule has 1 aromatic heterocycles.